The van der Waals surface area contributed by atoms with Crippen molar-refractivity contribution >= 4 is 0 Å². The summed E-state index contributed by atoms with van der Waals surface area (Å²) < 4.78 is 0. The molecule has 1 aromatic rings. The number of hydrogen-bond acceptors (Lipinski definition) is 1. The van der Waals surface area contributed by atoms with Gasteiger partial charge in [-0.15, -0.1) is 0 Å². The zero-order valence-corrected chi connectivity index (χ0v) is 15.0. The predicted molar refractivity (Wildman–Crippen MR) is 94.8 cm³/mol. The Morgan fingerprint density at radius 2 is 1.48 bits per heavy atom. The highest BCUT2D eigenvalue weighted by Crippen LogP contribution is 2.15. The van der Waals surface area contributed by atoms with Gasteiger partial charge in [0, 0.05) is 5.54 Å². The molecule has 21 heavy (non-hydrogen) atoms. The minimum Gasteiger partial charge on any atom is -0.312 e. The number of aryl methyl sites for hydroxylation is 1. The van der Waals surface area contributed by atoms with Crippen LogP contribution < -0.4 is 5.32 Å². The maximum Gasteiger partial charge on any atom is 0.00965 e. The van der Waals surface area contributed by atoms with Crippen LogP contribution in [0.5, 0.6) is 0 Å². The van der Waals surface area contributed by atoms with Crippen LogP contribution in [0, 0.1) is 11.8 Å². The van der Waals surface area contributed by atoms with Crippen molar-refractivity contribution in [1.29, 1.82) is 0 Å². The van der Waals surface area contributed by atoms with Crippen molar-refractivity contribution in [1.82, 2.24) is 5.32 Å². The van der Waals surface area contributed by atoms with E-state index in [1.165, 1.54) is 36.8 Å². The SMILES string of the molecule is CC(C)Cc1ccc(CCC(C)CCNC(C)(C)C)cc1. The van der Waals surface area contributed by atoms with Gasteiger partial charge in [0.05, 0.1) is 0 Å². The van der Waals surface area contributed by atoms with Gasteiger partial charge in [-0.1, -0.05) is 45.0 Å². The van der Waals surface area contributed by atoms with E-state index in [1.807, 2.05) is 0 Å². The molecule has 0 aliphatic carbocycles. The smallest absolute Gasteiger partial charge is 0.00965 e. The van der Waals surface area contributed by atoms with Gasteiger partial charge in [0.15, 0.2) is 0 Å². The van der Waals surface area contributed by atoms with Crippen LogP contribution in [-0.2, 0) is 12.8 Å². The lowest BCUT2D eigenvalue weighted by Gasteiger charge is -2.22. The number of rotatable bonds is 8. The molecule has 1 nitrogen and oxygen atoms in total. The second-order valence-corrected chi connectivity index (χ2v) is 8.02. The molecule has 0 saturated carbocycles. The lowest BCUT2D eigenvalue weighted by Crippen LogP contribution is -2.36. The summed E-state index contributed by atoms with van der Waals surface area (Å²) in [5.74, 6) is 1.53. The summed E-state index contributed by atoms with van der Waals surface area (Å²) in [6.07, 6.45) is 4.95. The van der Waals surface area contributed by atoms with Crippen molar-refractivity contribution in [2.24, 2.45) is 11.8 Å². The van der Waals surface area contributed by atoms with Gasteiger partial charge in [0.2, 0.25) is 0 Å². The molecule has 1 unspecified atom stereocenters. The molecule has 0 heterocycles. The summed E-state index contributed by atoms with van der Waals surface area (Å²) in [7, 11) is 0. The van der Waals surface area contributed by atoms with Crippen LogP contribution >= 0.6 is 0 Å². The fraction of sp³-hybridized carbons (Fsp3) is 0.700. The van der Waals surface area contributed by atoms with Gasteiger partial charge in [-0.3, -0.25) is 0 Å². The first-order valence-corrected chi connectivity index (χ1v) is 8.59. The topological polar surface area (TPSA) is 12.0 Å². The van der Waals surface area contributed by atoms with Crippen LogP contribution in [0.25, 0.3) is 0 Å². The summed E-state index contributed by atoms with van der Waals surface area (Å²) in [5.41, 5.74) is 3.20. The molecule has 0 fully saturated rings. The highest BCUT2D eigenvalue weighted by molar-refractivity contribution is 5.23. The average molecular weight is 290 g/mol. The standard InChI is InChI=1S/C20H35N/c1-16(2)15-19-11-9-18(10-12-19)8-7-17(3)13-14-21-20(4,5)6/h9-12,16-17,21H,7-8,13-15H2,1-6H3. The molecule has 0 radical (unpaired) electrons. The van der Waals surface area contributed by atoms with Crippen molar-refractivity contribution in [3.05, 3.63) is 35.4 Å². The van der Waals surface area contributed by atoms with Gasteiger partial charge in [0.1, 0.15) is 0 Å². The summed E-state index contributed by atoms with van der Waals surface area (Å²) in [4.78, 5) is 0. The molecular weight excluding hydrogens is 254 g/mol. The van der Waals surface area contributed by atoms with E-state index in [0.29, 0.717) is 0 Å². The molecule has 0 bridgehead atoms. The van der Waals surface area contributed by atoms with Crippen molar-refractivity contribution in [2.75, 3.05) is 6.54 Å². The molecule has 0 aliphatic rings. The third kappa shape index (κ3) is 8.93. The third-order valence-corrected chi connectivity index (χ3v) is 3.89. The van der Waals surface area contributed by atoms with E-state index in [-0.39, 0.29) is 5.54 Å². The molecule has 0 aromatic heterocycles. The van der Waals surface area contributed by atoms with Crippen LogP contribution in [0.15, 0.2) is 24.3 Å². The number of hydrogen-bond donors (Lipinski definition) is 1. The summed E-state index contributed by atoms with van der Waals surface area (Å²) >= 11 is 0. The molecule has 0 spiro atoms. The Kier molecular flexibility index (Phi) is 7.45. The van der Waals surface area contributed by atoms with Crippen LogP contribution in [0.2, 0.25) is 0 Å². The van der Waals surface area contributed by atoms with E-state index in [1.54, 1.807) is 0 Å². The van der Waals surface area contributed by atoms with Crippen molar-refractivity contribution < 1.29 is 0 Å². The quantitative estimate of drug-likeness (QED) is 0.691. The second-order valence-electron chi connectivity index (χ2n) is 8.02. The largest absolute Gasteiger partial charge is 0.312 e. The van der Waals surface area contributed by atoms with Crippen LogP contribution in [0.1, 0.15) is 65.5 Å². The Labute approximate surface area is 132 Å². The minimum atomic E-state index is 0.242. The second kappa shape index (κ2) is 8.58. The van der Waals surface area contributed by atoms with E-state index in [4.69, 9.17) is 0 Å². The van der Waals surface area contributed by atoms with E-state index >= 15 is 0 Å². The van der Waals surface area contributed by atoms with Gasteiger partial charge in [-0.2, -0.15) is 0 Å². The molecule has 0 amide bonds. The monoisotopic (exact) mass is 289 g/mol. The normalized spacial score (nSPS) is 13.7. The lowest BCUT2D eigenvalue weighted by molar-refractivity contribution is 0.386. The Balaban J connectivity index is 2.28. The first kappa shape index (κ1) is 18.2. The number of nitrogens with one attached hydrogen (secondary N) is 1. The highest BCUT2D eigenvalue weighted by Gasteiger charge is 2.09. The third-order valence-electron chi connectivity index (χ3n) is 3.89. The predicted octanol–water partition coefficient (Wildman–Crippen LogP) is 5.23. The van der Waals surface area contributed by atoms with Gasteiger partial charge >= 0.3 is 0 Å². The zero-order chi connectivity index (χ0) is 15.9. The summed E-state index contributed by atoms with van der Waals surface area (Å²) in [6, 6.07) is 9.25. The van der Waals surface area contributed by atoms with Crippen molar-refractivity contribution in [3.63, 3.8) is 0 Å². The molecule has 0 saturated heterocycles. The fourth-order valence-electron chi connectivity index (χ4n) is 2.56. The molecule has 1 heteroatoms. The van der Waals surface area contributed by atoms with Gasteiger partial charge < -0.3 is 5.32 Å². The lowest BCUT2D eigenvalue weighted by atomic mass is 9.96. The number of benzene rings is 1. The Morgan fingerprint density at radius 1 is 0.905 bits per heavy atom. The molecule has 0 aliphatic heterocycles. The minimum absolute atomic E-state index is 0.242. The zero-order valence-electron chi connectivity index (χ0n) is 15.0. The first-order chi connectivity index (χ1) is 9.76. The van der Waals surface area contributed by atoms with E-state index < -0.39 is 0 Å². The average Bonchev–Trinajstić information content (AvgIpc) is 2.36. The van der Waals surface area contributed by atoms with E-state index in [0.717, 1.165) is 18.4 Å². The summed E-state index contributed by atoms with van der Waals surface area (Å²) in [6.45, 7) is 14.8. The van der Waals surface area contributed by atoms with E-state index in [9.17, 15) is 0 Å². The molecule has 1 rings (SSSR count). The van der Waals surface area contributed by atoms with Crippen molar-refractivity contribution in [2.45, 2.75) is 72.8 Å². The molecule has 120 valence electrons. The molecule has 1 N–H and O–H groups in total. The molecule has 1 atom stereocenters. The highest BCUT2D eigenvalue weighted by atomic mass is 14.9. The Morgan fingerprint density at radius 3 is 2.00 bits per heavy atom. The van der Waals surface area contributed by atoms with Crippen LogP contribution in [0.4, 0.5) is 0 Å². The van der Waals surface area contributed by atoms with Crippen LogP contribution in [0.3, 0.4) is 0 Å². The van der Waals surface area contributed by atoms with E-state index in [2.05, 4.69) is 71.1 Å². The van der Waals surface area contributed by atoms with Gasteiger partial charge in [0.25, 0.3) is 0 Å². The summed E-state index contributed by atoms with van der Waals surface area (Å²) in [5, 5.41) is 3.58. The maximum absolute atomic E-state index is 3.58. The Bertz CT molecular complexity index is 383. The fourth-order valence-corrected chi connectivity index (χ4v) is 2.56. The van der Waals surface area contributed by atoms with Gasteiger partial charge in [-0.25, -0.2) is 0 Å². The molecule has 1 aromatic carbocycles. The van der Waals surface area contributed by atoms with Gasteiger partial charge in [-0.05, 0) is 76.0 Å². The van der Waals surface area contributed by atoms with Crippen LogP contribution in [-0.4, -0.2) is 12.1 Å². The molecular formula is C20H35N. The van der Waals surface area contributed by atoms with Crippen molar-refractivity contribution in [3.8, 4) is 0 Å². The maximum atomic E-state index is 3.58. The first-order valence-electron chi connectivity index (χ1n) is 8.59. The Hall–Kier alpha value is -0.820.